The maximum Gasteiger partial charge on any atom is 0.235 e. The zero-order valence-electron chi connectivity index (χ0n) is 23.3. The Morgan fingerprint density at radius 3 is 2.30 bits per heavy atom. The number of phenols is 1. The molecule has 7 N–H and O–H groups in total. The number of carbonyl (C=O) groups is 5. The molecule has 0 spiro atoms. The van der Waals surface area contributed by atoms with E-state index in [1.807, 2.05) is 0 Å². The van der Waals surface area contributed by atoms with Crippen molar-refractivity contribution in [2.24, 2.45) is 40.4 Å². The lowest BCUT2D eigenvalue weighted by Crippen LogP contribution is -2.85. The highest BCUT2D eigenvalue weighted by Crippen LogP contribution is 2.56. The number of nitrogens with two attached hydrogens (primary N) is 3. The van der Waals surface area contributed by atoms with Crippen molar-refractivity contribution >= 4 is 29.0 Å². The number of aromatic hydroxyl groups is 1. The van der Waals surface area contributed by atoms with Crippen molar-refractivity contribution in [2.75, 3.05) is 14.1 Å². The maximum absolute atomic E-state index is 14.3. The zero-order valence-corrected chi connectivity index (χ0v) is 23.3. The molecule has 1 amide bonds. The predicted molar refractivity (Wildman–Crippen MR) is 144 cm³/mol. The van der Waals surface area contributed by atoms with Crippen LogP contribution < -0.4 is 17.2 Å². The van der Waals surface area contributed by atoms with Gasteiger partial charge < -0.3 is 22.3 Å². The summed E-state index contributed by atoms with van der Waals surface area (Å²) in [6.07, 6.45) is 2.97. The summed E-state index contributed by atoms with van der Waals surface area (Å²) in [7, 11) is 2.95. The molecule has 40 heavy (non-hydrogen) atoms. The van der Waals surface area contributed by atoms with Gasteiger partial charge in [-0.25, -0.2) is 0 Å². The molecule has 1 aromatic carbocycles. The molecule has 1 aromatic rings. The highest BCUT2D eigenvalue weighted by atomic mass is 16.3. The number of carbonyl (C=O) groups excluding carboxylic acids is 5. The Kier molecular flexibility index (Phi) is 7.28. The summed E-state index contributed by atoms with van der Waals surface area (Å²) < 4.78 is 0. The number of hydrogen-bond donors (Lipinski definition) is 4. The summed E-state index contributed by atoms with van der Waals surface area (Å²) >= 11 is 0. The first kappa shape index (κ1) is 29.5. The molecule has 2 fully saturated rings. The van der Waals surface area contributed by atoms with E-state index in [4.69, 9.17) is 17.2 Å². The number of primary amides is 1. The molecule has 4 rings (SSSR count). The summed E-state index contributed by atoms with van der Waals surface area (Å²) in [5.74, 6) is -9.20. The predicted octanol–water partition coefficient (Wildman–Crippen LogP) is 0.177. The highest BCUT2D eigenvalue weighted by molar-refractivity contribution is 6.33. The number of rotatable bonds is 7. The van der Waals surface area contributed by atoms with Crippen LogP contribution in [0, 0.1) is 34.5 Å². The fourth-order valence-electron chi connectivity index (χ4n) is 7.56. The maximum atomic E-state index is 14.3. The second-order valence-corrected chi connectivity index (χ2v) is 11.9. The van der Waals surface area contributed by atoms with E-state index < -0.39 is 69.8 Å². The first-order chi connectivity index (χ1) is 18.7. The topological polar surface area (TPSA) is 211 Å². The Labute approximate surface area is 233 Å². The second kappa shape index (κ2) is 9.87. The molecule has 6 atom stereocenters. The number of likely N-dealkylation sites (N-methyl/N-ethyl adjacent to an activating group) is 1. The number of nitriles is 1. The molecular weight excluding hydrogens is 514 g/mol. The van der Waals surface area contributed by atoms with Crippen LogP contribution in [0.1, 0.15) is 61.0 Å². The SMILES string of the molecule is CCC(CC)CCc1ccc(O)c2c1C[C@@]1(N)C[C@@]3(N)C(N(C)C)C(=O)C(C(N)=O)C(=O)[C@@]3(C#N)C(=O)C1C2=O. The van der Waals surface area contributed by atoms with Gasteiger partial charge in [-0.05, 0) is 62.9 Å². The van der Waals surface area contributed by atoms with Crippen molar-refractivity contribution in [2.45, 2.75) is 69.5 Å². The number of benzene rings is 1. The largest absolute Gasteiger partial charge is 0.507 e. The van der Waals surface area contributed by atoms with E-state index in [0.29, 0.717) is 17.9 Å². The number of aryl methyl sites for hydroxylation is 1. The third kappa shape index (κ3) is 3.77. The van der Waals surface area contributed by atoms with Crippen molar-refractivity contribution in [1.29, 1.82) is 5.26 Å². The van der Waals surface area contributed by atoms with E-state index in [1.54, 1.807) is 12.1 Å². The van der Waals surface area contributed by atoms with Crippen molar-refractivity contribution in [1.82, 2.24) is 4.90 Å². The van der Waals surface area contributed by atoms with Gasteiger partial charge in [0.1, 0.15) is 11.7 Å². The van der Waals surface area contributed by atoms with E-state index in [9.17, 15) is 34.3 Å². The van der Waals surface area contributed by atoms with Gasteiger partial charge >= 0.3 is 0 Å². The Morgan fingerprint density at radius 1 is 1.15 bits per heavy atom. The van der Waals surface area contributed by atoms with E-state index in [1.165, 1.54) is 25.1 Å². The van der Waals surface area contributed by atoms with Gasteiger partial charge in [-0.3, -0.25) is 28.9 Å². The van der Waals surface area contributed by atoms with Crippen LogP contribution in [0.15, 0.2) is 12.1 Å². The normalized spacial score (nSPS) is 33.4. The molecule has 3 aliphatic carbocycles. The Morgan fingerprint density at radius 2 is 1.77 bits per heavy atom. The molecule has 0 saturated heterocycles. The average molecular weight is 552 g/mol. The smallest absolute Gasteiger partial charge is 0.235 e. The van der Waals surface area contributed by atoms with Gasteiger partial charge in [0.25, 0.3) is 0 Å². The van der Waals surface area contributed by atoms with Crippen LogP contribution in [0.25, 0.3) is 0 Å². The minimum atomic E-state index is -2.74. The first-order valence-electron chi connectivity index (χ1n) is 13.6. The van der Waals surface area contributed by atoms with Gasteiger partial charge in [0, 0.05) is 5.54 Å². The summed E-state index contributed by atoms with van der Waals surface area (Å²) in [4.78, 5) is 69.2. The van der Waals surface area contributed by atoms with Crippen LogP contribution in [0.5, 0.6) is 5.75 Å². The fourth-order valence-corrected chi connectivity index (χ4v) is 7.56. The Bertz CT molecular complexity index is 1360. The fraction of sp³-hybridized carbons (Fsp3) is 0.586. The van der Waals surface area contributed by atoms with Gasteiger partial charge in [-0.15, -0.1) is 0 Å². The molecule has 0 heterocycles. The van der Waals surface area contributed by atoms with Crippen molar-refractivity contribution in [3.63, 3.8) is 0 Å². The number of phenolic OH excluding ortho intramolecular Hbond substituents is 1. The van der Waals surface area contributed by atoms with Crippen LogP contribution >= 0.6 is 0 Å². The van der Waals surface area contributed by atoms with Crippen LogP contribution in [0.4, 0.5) is 0 Å². The Hall–Kier alpha value is -3.46. The van der Waals surface area contributed by atoms with Crippen molar-refractivity contribution < 1.29 is 29.1 Å². The molecule has 3 unspecified atom stereocenters. The van der Waals surface area contributed by atoms with Gasteiger partial charge in [0.15, 0.2) is 34.5 Å². The third-order valence-electron chi connectivity index (χ3n) is 9.55. The lowest BCUT2D eigenvalue weighted by molar-refractivity contribution is -0.166. The van der Waals surface area contributed by atoms with E-state index in [-0.39, 0.29) is 17.7 Å². The van der Waals surface area contributed by atoms with E-state index in [2.05, 4.69) is 13.8 Å². The van der Waals surface area contributed by atoms with Gasteiger partial charge in [0.05, 0.1) is 23.2 Å². The molecule has 11 heteroatoms. The lowest BCUT2D eigenvalue weighted by atomic mass is 9.42. The van der Waals surface area contributed by atoms with Gasteiger partial charge in [0.2, 0.25) is 5.91 Å². The molecule has 3 aliphatic rings. The highest BCUT2D eigenvalue weighted by Gasteiger charge is 2.78. The molecule has 0 radical (unpaired) electrons. The minimum Gasteiger partial charge on any atom is -0.507 e. The number of nitrogens with zero attached hydrogens (tertiary/aromatic N) is 2. The summed E-state index contributed by atoms with van der Waals surface area (Å²) in [5, 5.41) is 21.2. The average Bonchev–Trinajstić information content (AvgIpc) is 2.84. The van der Waals surface area contributed by atoms with Crippen molar-refractivity contribution in [3.8, 4) is 11.8 Å². The van der Waals surface area contributed by atoms with Crippen LogP contribution in [-0.4, -0.2) is 70.3 Å². The van der Waals surface area contributed by atoms with Crippen LogP contribution in [0.2, 0.25) is 0 Å². The summed E-state index contributed by atoms with van der Waals surface area (Å²) in [5.41, 5.74) is 13.8. The van der Waals surface area contributed by atoms with E-state index in [0.717, 1.165) is 24.8 Å². The number of Topliss-reactive ketones (excluding diaryl/α,β-unsaturated/α-hetero) is 4. The molecule has 0 aromatic heterocycles. The molecule has 11 nitrogen and oxygen atoms in total. The molecule has 2 saturated carbocycles. The standard InChI is InChI=1S/C29H37N5O6/c1-5-14(6-2)7-8-15-9-10-17(35)18-16(15)11-27(32)12-29(33)23(34(3)4)22(37)19(26(31)40)24(38)28(29,13-30)25(39)20(27)21(18)36/h9-10,14,19-20,23,35H,5-8,11-12,32-33H2,1-4H3,(H2,31,40)/t19?,20?,23?,27-,28+,29-/m1/s1. The monoisotopic (exact) mass is 551 g/mol. The third-order valence-corrected chi connectivity index (χ3v) is 9.55. The molecule has 0 aliphatic heterocycles. The number of ketones is 4. The van der Waals surface area contributed by atoms with Crippen LogP contribution in [0.3, 0.4) is 0 Å². The van der Waals surface area contributed by atoms with Gasteiger partial charge in [-0.1, -0.05) is 32.8 Å². The van der Waals surface area contributed by atoms with Crippen molar-refractivity contribution in [3.05, 3.63) is 28.8 Å². The molecule has 214 valence electrons. The number of fused-ring (bicyclic) bond motifs is 3. The summed E-state index contributed by atoms with van der Waals surface area (Å²) in [6.45, 7) is 4.21. The number of amides is 1. The molecule has 0 bridgehead atoms. The number of hydrogen-bond acceptors (Lipinski definition) is 10. The van der Waals surface area contributed by atoms with E-state index >= 15 is 0 Å². The van der Waals surface area contributed by atoms with Crippen LogP contribution in [-0.2, 0) is 32.0 Å². The summed E-state index contributed by atoms with van der Waals surface area (Å²) in [6, 6.07) is 3.43. The zero-order chi connectivity index (χ0) is 29.9. The van der Waals surface area contributed by atoms with Gasteiger partial charge in [-0.2, -0.15) is 5.26 Å². The first-order valence-corrected chi connectivity index (χ1v) is 13.6. The second-order valence-electron chi connectivity index (χ2n) is 11.9. The lowest BCUT2D eigenvalue weighted by Gasteiger charge is -2.60. The quantitative estimate of drug-likeness (QED) is 0.337. The molecular formula is C29H37N5O6. The Balaban J connectivity index is 1.93. The minimum absolute atomic E-state index is 0.0423.